The second-order valence-corrected chi connectivity index (χ2v) is 8.82. The highest BCUT2D eigenvalue weighted by Crippen LogP contribution is 2.32. The van der Waals surface area contributed by atoms with Crippen LogP contribution in [-0.2, 0) is 0 Å². The molecule has 1 aliphatic carbocycles. The molecule has 0 aromatic carbocycles. The summed E-state index contributed by atoms with van der Waals surface area (Å²) in [5.41, 5.74) is 0. The maximum Gasteiger partial charge on any atom is -0.00390 e. The Labute approximate surface area is 136 Å². The molecule has 0 aliphatic heterocycles. The molecule has 1 rings (SSSR count). The quantitative estimate of drug-likeness (QED) is 0.399. The predicted molar refractivity (Wildman–Crippen MR) is 99.1 cm³/mol. The molecule has 2 heteroatoms. The van der Waals surface area contributed by atoms with Crippen LogP contribution in [0.4, 0.5) is 0 Å². The molecule has 0 amide bonds. The fourth-order valence-electron chi connectivity index (χ4n) is 3.24. The highest BCUT2D eigenvalue weighted by Gasteiger charge is 2.20. The molecule has 20 heavy (non-hydrogen) atoms. The second-order valence-electron chi connectivity index (χ2n) is 6.83. The van der Waals surface area contributed by atoms with E-state index in [1.807, 2.05) is 11.8 Å². The Morgan fingerprint density at radius 2 is 1.60 bits per heavy atom. The van der Waals surface area contributed by atoms with E-state index in [1.165, 1.54) is 75.0 Å². The Kier molecular flexibility index (Phi) is 11.5. The molecule has 1 fully saturated rings. The lowest BCUT2D eigenvalue weighted by molar-refractivity contribution is 0.315. The van der Waals surface area contributed by atoms with Crippen LogP contribution in [0, 0.1) is 17.8 Å². The summed E-state index contributed by atoms with van der Waals surface area (Å²) in [7, 11) is 0. The minimum atomic E-state index is 0.935. The van der Waals surface area contributed by atoms with Gasteiger partial charge in [-0.2, -0.15) is 23.5 Å². The molecular formula is C18H36S2. The van der Waals surface area contributed by atoms with Gasteiger partial charge < -0.3 is 0 Å². The largest absolute Gasteiger partial charge is 0.165 e. The van der Waals surface area contributed by atoms with Gasteiger partial charge in [-0.3, -0.25) is 0 Å². The first-order valence-electron chi connectivity index (χ1n) is 8.82. The zero-order valence-corrected chi connectivity index (χ0v) is 15.7. The minimum absolute atomic E-state index is 0.935. The third-order valence-electron chi connectivity index (χ3n) is 4.68. The van der Waals surface area contributed by atoms with Crippen LogP contribution in [-0.4, -0.2) is 23.5 Å². The van der Waals surface area contributed by atoms with Gasteiger partial charge in [-0.15, -0.1) is 0 Å². The molecule has 0 aromatic heterocycles. The molecular weight excluding hydrogens is 280 g/mol. The molecule has 0 nitrogen and oxygen atoms in total. The molecule has 1 unspecified atom stereocenters. The van der Waals surface area contributed by atoms with E-state index in [9.17, 15) is 0 Å². The Hall–Kier alpha value is 0.700. The molecule has 1 saturated carbocycles. The van der Waals surface area contributed by atoms with E-state index in [-0.39, 0.29) is 0 Å². The van der Waals surface area contributed by atoms with Gasteiger partial charge in [-0.1, -0.05) is 39.5 Å². The zero-order valence-electron chi connectivity index (χ0n) is 14.0. The van der Waals surface area contributed by atoms with Crippen LogP contribution in [0.25, 0.3) is 0 Å². The van der Waals surface area contributed by atoms with Crippen molar-refractivity contribution < 1.29 is 0 Å². The Balaban J connectivity index is 1.96. The summed E-state index contributed by atoms with van der Waals surface area (Å²) in [6.07, 6.45) is 15.4. The average molecular weight is 317 g/mol. The smallest absolute Gasteiger partial charge is 0.00390 e. The Morgan fingerprint density at radius 3 is 2.20 bits per heavy atom. The zero-order chi connectivity index (χ0) is 14.6. The van der Waals surface area contributed by atoms with Crippen molar-refractivity contribution in [3.8, 4) is 0 Å². The first-order valence-corrected chi connectivity index (χ1v) is 11.4. The summed E-state index contributed by atoms with van der Waals surface area (Å²) in [4.78, 5) is 0. The molecule has 0 radical (unpaired) electrons. The molecule has 120 valence electrons. The first-order chi connectivity index (χ1) is 9.76. The van der Waals surface area contributed by atoms with E-state index in [1.54, 1.807) is 0 Å². The summed E-state index contributed by atoms with van der Waals surface area (Å²) >= 11 is 4.28. The number of rotatable bonds is 11. The molecule has 0 N–H and O–H groups in total. The van der Waals surface area contributed by atoms with E-state index in [0.717, 1.165) is 17.8 Å². The van der Waals surface area contributed by atoms with Gasteiger partial charge in [0.2, 0.25) is 0 Å². The van der Waals surface area contributed by atoms with Crippen LogP contribution in [0.5, 0.6) is 0 Å². The van der Waals surface area contributed by atoms with Gasteiger partial charge >= 0.3 is 0 Å². The van der Waals surface area contributed by atoms with Crippen molar-refractivity contribution in [3.05, 3.63) is 0 Å². The van der Waals surface area contributed by atoms with Crippen molar-refractivity contribution in [1.82, 2.24) is 0 Å². The van der Waals surface area contributed by atoms with Crippen molar-refractivity contribution in [2.24, 2.45) is 17.8 Å². The van der Waals surface area contributed by atoms with Gasteiger partial charge in [-0.25, -0.2) is 0 Å². The van der Waals surface area contributed by atoms with Crippen LogP contribution in [0.1, 0.15) is 71.6 Å². The van der Waals surface area contributed by atoms with Crippen molar-refractivity contribution in [3.63, 3.8) is 0 Å². The van der Waals surface area contributed by atoms with Crippen molar-refractivity contribution in [2.75, 3.05) is 23.5 Å². The van der Waals surface area contributed by atoms with Crippen LogP contribution in [0.3, 0.4) is 0 Å². The first kappa shape index (κ1) is 18.7. The van der Waals surface area contributed by atoms with Gasteiger partial charge in [0.1, 0.15) is 0 Å². The third kappa shape index (κ3) is 8.87. The Morgan fingerprint density at radius 1 is 0.950 bits per heavy atom. The molecule has 0 saturated heterocycles. The standard InChI is InChI=1S/C18H36S2/c1-4-5-6-7-8-16(2)13-20-15-18-11-9-17(10-12-18)14-19-3/h16-18H,4-15H2,1-3H3. The Bertz CT molecular complexity index is 209. The van der Waals surface area contributed by atoms with Gasteiger partial charge in [0.05, 0.1) is 0 Å². The van der Waals surface area contributed by atoms with Gasteiger partial charge in [0.15, 0.2) is 0 Å². The highest BCUT2D eigenvalue weighted by molar-refractivity contribution is 7.99. The van der Waals surface area contributed by atoms with Crippen LogP contribution >= 0.6 is 23.5 Å². The highest BCUT2D eigenvalue weighted by atomic mass is 32.2. The third-order valence-corrected chi connectivity index (χ3v) is 6.99. The number of hydrogen-bond acceptors (Lipinski definition) is 2. The average Bonchev–Trinajstić information content (AvgIpc) is 2.46. The minimum Gasteiger partial charge on any atom is -0.165 e. The normalized spacial score (nSPS) is 24.8. The van der Waals surface area contributed by atoms with Crippen LogP contribution in [0.2, 0.25) is 0 Å². The molecule has 0 heterocycles. The monoisotopic (exact) mass is 316 g/mol. The van der Waals surface area contributed by atoms with Gasteiger partial charge in [0.25, 0.3) is 0 Å². The van der Waals surface area contributed by atoms with E-state index >= 15 is 0 Å². The van der Waals surface area contributed by atoms with Crippen molar-refractivity contribution in [2.45, 2.75) is 71.6 Å². The van der Waals surface area contributed by atoms with E-state index in [0.29, 0.717) is 0 Å². The molecule has 0 aromatic rings. The van der Waals surface area contributed by atoms with E-state index in [4.69, 9.17) is 0 Å². The fraction of sp³-hybridized carbons (Fsp3) is 1.00. The molecule has 0 spiro atoms. The van der Waals surface area contributed by atoms with Crippen LogP contribution in [0.15, 0.2) is 0 Å². The van der Waals surface area contributed by atoms with Crippen LogP contribution < -0.4 is 0 Å². The number of thioether (sulfide) groups is 2. The molecule has 1 atom stereocenters. The van der Waals surface area contributed by atoms with Gasteiger partial charge in [0, 0.05) is 0 Å². The maximum absolute atomic E-state index is 2.45. The number of unbranched alkanes of at least 4 members (excludes halogenated alkanes) is 3. The lowest BCUT2D eigenvalue weighted by atomic mass is 9.84. The lowest BCUT2D eigenvalue weighted by Gasteiger charge is -2.28. The van der Waals surface area contributed by atoms with Crippen molar-refractivity contribution in [1.29, 1.82) is 0 Å². The fourth-order valence-corrected chi connectivity index (χ4v) is 5.42. The SMILES string of the molecule is CCCCCCC(C)CSCC1CCC(CSC)CC1. The summed E-state index contributed by atoms with van der Waals surface area (Å²) in [5, 5.41) is 0. The second kappa shape index (κ2) is 12.3. The molecule has 0 bridgehead atoms. The van der Waals surface area contributed by atoms with E-state index in [2.05, 4.69) is 31.9 Å². The van der Waals surface area contributed by atoms with Gasteiger partial charge in [-0.05, 0) is 73.4 Å². The summed E-state index contributed by atoms with van der Waals surface area (Å²) in [5.74, 6) is 7.23. The number of hydrogen-bond donors (Lipinski definition) is 0. The summed E-state index contributed by atoms with van der Waals surface area (Å²) < 4.78 is 0. The predicted octanol–water partition coefficient (Wildman–Crippen LogP) is 6.50. The summed E-state index contributed by atoms with van der Waals surface area (Å²) in [6.45, 7) is 4.75. The molecule has 1 aliphatic rings. The summed E-state index contributed by atoms with van der Waals surface area (Å²) in [6, 6.07) is 0. The maximum atomic E-state index is 2.45. The topological polar surface area (TPSA) is 0 Å². The van der Waals surface area contributed by atoms with Crippen molar-refractivity contribution >= 4 is 23.5 Å². The lowest BCUT2D eigenvalue weighted by Crippen LogP contribution is -2.18. The van der Waals surface area contributed by atoms with E-state index < -0.39 is 0 Å².